The Morgan fingerprint density at radius 3 is 2.29 bits per heavy atom. The molecule has 3 aromatic carbocycles. The first kappa shape index (κ1) is 23.0. The van der Waals surface area contributed by atoms with Crippen molar-refractivity contribution in [2.45, 2.75) is 6.61 Å². The molecule has 0 spiro atoms. The topological polar surface area (TPSA) is 62.1 Å². The van der Waals surface area contributed by atoms with Crippen LogP contribution in [0.4, 0.5) is 5.69 Å². The molecule has 3 rings (SSSR count). The normalized spacial score (nSPS) is 11.0. The summed E-state index contributed by atoms with van der Waals surface area (Å²) in [5.74, 6) is -0.0798. The van der Waals surface area contributed by atoms with Gasteiger partial charge in [0.25, 0.3) is 5.91 Å². The summed E-state index contributed by atoms with van der Waals surface area (Å²) in [6.07, 6.45) is 1.46. The van der Waals surface area contributed by atoms with Crippen molar-refractivity contribution in [2.75, 3.05) is 5.32 Å². The van der Waals surface area contributed by atoms with Gasteiger partial charge in [0, 0.05) is 11.3 Å². The fourth-order valence-corrected chi connectivity index (χ4v) is 3.22. The summed E-state index contributed by atoms with van der Waals surface area (Å²) in [7, 11) is 0. The van der Waals surface area contributed by atoms with Crippen LogP contribution in [-0.2, 0) is 11.4 Å². The SMILES string of the molecule is N#C/C(=C\c1ccccc1OCc1ccc(Cl)c(Cl)c1)C(=O)Nc1ccc(Cl)c(Cl)c1. The minimum Gasteiger partial charge on any atom is -0.488 e. The minimum atomic E-state index is -0.583. The van der Waals surface area contributed by atoms with E-state index < -0.39 is 5.91 Å². The molecule has 1 amide bonds. The minimum absolute atomic E-state index is 0.100. The second kappa shape index (κ2) is 10.6. The van der Waals surface area contributed by atoms with E-state index in [1.165, 1.54) is 12.1 Å². The van der Waals surface area contributed by atoms with Gasteiger partial charge in [-0.3, -0.25) is 4.79 Å². The van der Waals surface area contributed by atoms with Crippen LogP contribution in [0.1, 0.15) is 11.1 Å². The zero-order valence-corrected chi connectivity index (χ0v) is 18.9. The van der Waals surface area contributed by atoms with E-state index in [1.54, 1.807) is 54.6 Å². The van der Waals surface area contributed by atoms with Crippen molar-refractivity contribution in [3.05, 3.63) is 97.5 Å². The Morgan fingerprint density at radius 1 is 0.935 bits per heavy atom. The number of ether oxygens (including phenoxy) is 1. The van der Waals surface area contributed by atoms with Crippen molar-refractivity contribution < 1.29 is 9.53 Å². The predicted octanol–water partition coefficient (Wildman–Crippen LogP) is 7.42. The summed E-state index contributed by atoms with van der Waals surface area (Å²) in [5.41, 5.74) is 1.72. The standard InChI is InChI=1S/C23H14Cl4N2O2/c24-18-7-5-14(9-20(18)26)13-31-22-4-2-1-3-15(22)10-16(12-28)23(30)29-17-6-8-19(25)21(27)11-17/h1-11H,13H2,(H,29,30)/b16-10+. The smallest absolute Gasteiger partial charge is 0.266 e. The maximum absolute atomic E-state index is 12.6. The van der Waals surface area contributed by atoms with Crippen LogP contribution in [-0.4, -0.2) is 5.91 Å². The molecule has 3 aromatic rings. The summed E-state index contributed by atoms with van der Waals surface area (Å²) in [6, 6.07) is 18.8. The number of hydrogen-bond donors (Lipinski definition) is 1. The lowest BCUT2D eigenvalue weighted by atomic mass is 10.1. The third kappa shape index (κ3) is 6.16. The van der Waals surface area contributed by atoms with E-state index >= 15 is 0 Å². The van der Waals surface area contributed by atoms with Crippen LogP contribution in [0.25, 0.3) is 6.08 Å². The molecule has 0 aliphatic carbocycles. The monoisotopic (exact) mass is 490 g/mol. The van der Waals surface area contributed by atoms with Crippen LogP contribution >= 0.6 is 46.4 Å². The largest absolute Gasteiger partial charge is 0.488 e. The summed E-state index contributed by atoms with van der Waals surface area (Å²) >= 11 is 23.8. The molecule has 0 bridgehead atoms. The summed E-state index contributed by atoms with van der Waals surface area (Å²) in [6.45, 7) is 0.235. The molecule has 156 valence electrons. The van der Waals surface area contributed by atoms with Crippen LogP contribution < -0.4 is 10.1 Å². The molecule has 31 heavy (non-hydrogen) atoms. The van der Waals surface area contributed by atoms with Gasteiger partial charge in [0.15, 0.2) is 0 Å². The molecule has 0 aliphatic heterocycles. The molecule has 8 heteroatoms. The Bertz CT molecular complexity index is 1200. The van der Waals surface area contributed by atoms with Gasteiger partial charge >= 0.3 is 0 Å². The Labute approximate surface area is 199 Å². The number of hydrogen-bond acceptors (Lipinski definition) is 3. The summed E-state index contributed by atoms with van der Waals surface area (Å²) in [5, 5.41) is 13.7. The first-order chi connectivity index (χ1) is 14.9. The van der Waals surface area contributed by atoms with Crippen molar-refractivity contribution in [3.8, 4) is 11.8 Å². The Morgan fingerprint density at radius 2 is 1.61 bits per heavy atom. The van der Waals surface area contributed by atoms with Crippen molar-refractivity contribution in [3.63, 3.8) is 0 Å². The number of amides is 1. The van der Waals surface area contributed by atoms with Gasteiger partial charge in [0.2, 0.25) is 0 Å². The van der Waals surface area contributed by atoms with E-state index in [2.05, 4.69) is 5.32 Å². The molecule has 0 radical (unpaired) electrons. The van der Waals surface area contributed by atoms with Crippen molar-refractivity contribution in [1.82, 2.24) is 0 Å². The van der Waals surface area contributed by atoms with Gasteiger partial charge in [0.1, 0.15) is 24.0 Å². The number of carbonyl (C=O) groups is 1. The number of anilines is 1. The molecule has 0 fully saturated rings. The first-order valence-electron chi connectivity index (χ1n) is 8.91. The number of para-hydroxylation sites is 1. The zero-order valence-electron chi connectivity index (χ0n) is 15.8. The number of nitriles is 1. The number of benzene rings is 3. The molecule has 1 N–H and O–H groups in total. The van der Waals surface area contributed by atoms with Gasteiger partial charge in [-0.15, -0.1) is 0 Å². The van der Waals surface area contributed by atoms with Crippen LogP contribution in [0.15, 0.2) is 66.2 Å². The number of halogens is 4. The van der Waals surface area contributed by atoms with Crippen LogP contribution in [0.2, 0.25) is 20.1 Å². The molecule has 0 atom stereocenters. The summed E-state index contributed by atoms with van der Waals surface area (Å²) < 4.78 is 5.87. The van der Waals surface area contributed by atoms with Crippen LogP contribution in [0, 0.1) is 11.3 Å². The van der Waals surface area contributed by atoms with Gasteiger partial charge in [-0.05, 0) is 48.0 Å². The number of carbonyl (C=O) groups excluding carboxylic acids is 1. The molecule has 0 saturated heterocycles. The van der Waals surface area contributed by atoms with E-state index in [9.17, 15) is 10.1 Å². The Balaban J connectivity index is 1.78. The number of rotatable bonds is 6. The second-order valence-corrected chi connectivity index (χ2v) is 7.96. The fraction of sp³-hybridized carbons (Fsp3) is 0.0435. The van der Waals surface area contributed by atoms with Crippen LogP contribution in [0.3, 0.4) is 0 Å². The molecule has 4 nitrogen and oxygen atoms in total. The van der Waals surface area contributed by atoms with E-state index in [-0.39, 0.29) is 12.2 Å². The molecule has 0 heterocycles. The predicted molar refractivity (Wildman–Crippen MR) is 126 cm³/mol. The molecule has 0 unspecified atom stereocenters. The van der Waals surface area contributed by atoms with Gasteiger partial charge in [0.05, 0.1) is 20.1 Å². The molecule has 0 saturated carbocycles. The van der Waals surface area contributed by atoms with E-state index in [1.807, 2.05) is 6.07 Å². The van der Waals surface area contributed by atoms with Crippen molar-refractivity contribution >= 4 is 64.1 Å². The average Bonchev–Trinajstić information content (AvgIpc) is 2.76. The fourth-order valence-electron chi connectivity index (χ4n) is 2.60. The second-order valence-electron chi connectivity index (χ2n) is 6.33. The lowest BCUT2D eigenvalue weighted by molar-refractivity contribution is -0.112. The summed E-state index contributed by atoms with van der Waals surface area (Å²) in [4.78, 5) is 12.6. The van der Waals surface area contributed by atoms with Crippen LogP contribution in [0.5, 0.6) is 5.75 Å². The highest BCUT2D eigenvalue weighted by atomic mass is 35.5. The highest BCUT2D eigenvalue weighted by Crippen LogP contribution is 2.27. The van der Waals surface area contributed by atoms with Gasteiger partial charge in [-0.1, -0.05) is 70.7 Å². The lowest BCUT2D eigenvalue weighted by Gasteiger charge is -2.11. The highest BCUT2D eigenvalue weighted by Gasteiger charge is 2.12. The maximum atomic E-state index is 12.6. The van der Waals surface area contributed by atoms with Gasteiger partial charge in [-0.25, -0.2) is 0 Å². The Kier molecular flexibility index (Phi) is 7.84. The van der Waals surface area contributed by atoms with Crippen molar-refractivity contribution in [1.29, 1.82) is 5.26 Å². The molecule has 0 aliphatic rings. The van der Waals surface area contributed by atoms with E-state index in [4.69, 9.17) is 51.1 Å². The zero-order chi connectivity index (χ0) is 22.4. The van der Waals surface area contributed by atoms with Gasteiger partial charge in [-0.2, -0.15) is 5.26 Å². The molecule has 0 aromatic heterocycles. The number of nitrogens with one attached hydrogen (secondary N) is 1. The van der Waals surface area contributed by atoms with Crippen molar-refractivity contribution in [2.24, 2.45) is 0 Å². The Hall–Kier alpha value is -2.68. The third-order valence-corrected chi connectivity index (χ3v) is 5.62. The highest BCUT2D eigenvalue weighted by molar-refractivity contribution is 6.42. The number of nitrogens with zero attached hydrogens (tertiary/aromatic N) is 1. The quantitative estimate of drug-likeness (QED) is 0.288. The van der Waals surface area contributed by atoms with Gasteiger partial charge < -0.3 is 10.1 Å². The first-order valence-corrected chi connectivity index (χ1v) is 10.4. The maximum Gasteiger partial charge on any atom is 0.266 e. The molecular weight excluding hydrogens is 478 g/mol. The van der Waals surface area contributed by atoms with E-state index in [0.717, 1.165) is 5.56 Å². The average molecular weight is 492 g/mol. The van der Waals surface area contributed by atoms with E-state index in [0.29, 0.717) is 37.1 Å². The molecular formula is C23H14Cl4N2O2. The lowest BCUT2D eigenvalue weighted by Crippen LogP contribution is -2.13. The third-order valence-electron chi connectivity index (χ3n) is 4.14.